The molecule has 0 spiro atoms. The van der Waals surface area contributed by atoms with Crippen molar-refractivity contribution in [2.45, 2.75) is 0 Å². The quantitative estimate of drug-likeness (QED) is 0.325. The fraction of sp³-hybridized carbons (Fsp3) is 0. The first-order valence-electron chi connectivity index (χ1n) is 3.25. The molecule has 2 aromatic heterocycles. The van der Waals surface area contributed by atoms with Crippen LogP contribution in [-0.4, -0.2) is 20.4 Å². The van der Waals surface area contributed by atoms with Crippen LogP contribution in [0, 0.1) is 0 Å². The van der Waals surface area contributed by atoms with Gasteiger partial charge in [0.15, 0.2) is 11.6 Å². The number of nitrogen functional groups attached to an aromatic ring is 2. The van der Waals surface area contributed by atoms with Gasteiger partial charge in [0.25, 0.3) is 0 Å². The van der Waals surface area contributed by atoms with Crippen LogP contribution in [0.3, 0.4) is 0 Å². The lowest BCUT2D eigenvalue weighted by molar-refractivity contribution is 1.04. The summed E-state index contributed by atoms with van der Waals surface area (Å²) < 4.78 is 0. The number of nitrogens with two attached hydrogens (primary N) is 2. The number of nitrogens with one attached hydrogen (secondary N) is 2. The molecule has 0 saturated carbocycles. The van der Waals surface area contributed by atoms with Gasteiger partial charge in [0.1, 0.15) is 5.52 Å². The van der Waals surface area contributed by atoms with Gasteiger partial charge in [-0.15, -0.1) is 10.2 Å². The first-order valence-corrected chi connectivity index (χ1v) is 3.25. The first-order chi connectivity index (χ1) is 5.83. The van der Waals surface area contributed by atoms with E-state index in [2.05, 4.69) is 25.8 Å². The van der Waals surface area contributed by atoms with Crippen LogP contribution in [0.1, 0.15) is 0 Å². The number of hydrazine groups is 1. The second-order valence-electron chi connectivity index (χ2n) is 2.24. The number of hydrogen-bond donors (Lipinski definition) is 4. The minimum absolute atomic E-state index is 0.331. The molecule has 2 heterocycles. The monoisotopic (exact) mass is 165 g/mol. The molecule has 0 aliphatic rings. The lowest BCUT2D eigenvalue weighted by atomic mass is 10.3. The fourth-order valence-corrected chi connectivity index (χ4v) is 0.970. The van der Waals surface area contributed by atoms with E-state index in [1.54, 1.807) is 6.20 Å². The summed E-state index contributed by atoms with van der Waals surface area (Å²) in [5.74, 6) is 5.94. The van der Waals surface area contributed by atoms with Crippen LogP contribution in [0.15, 0.2) is 6.20 Å². The Morgan fingerprint density at radius 2 is 2.25 bits per heavy atom. The van der Waals surface area contributed by atoms with Gasteiger partial charge in [-0.25, -0.2) is 5.84 Å². The van der Waals surface area contributed by atoms with Crippen molar-refractivity contribution in [2.75, 3.05) is 11.2 Å². The van der Waals surface area contributed by atoms with Crippen LogP contribution in [0.4, 0.5) is 11.6 Å². The summed E-state index contributed by atoms with van der Waals surface area (Å²) in [6.07, 6.45) is 1.57. The van der Waals surface area contributed by atoms with Crippen molar-refractivity contribution in [1.29, 1.82) is 0 Å². The molecule has 0 aromatic carbocycles. The van der Waals surface area contributed by atoms with Crippen LogP contribution in [-0.2, 0) is 0 Å². The molecule has 0 fully saturated rings. The second-order valence-corrected chi connectivity index (χ2v) is 2.24. The number of nitrogens with zero attached hydrogens (tertiary/aromatic N) is 3. The lowest BCUT2D eigenvalue weighted by Crippen LogP contribution is -2.10. The molecule has 0 saturated heterocycles. The Hall–Kier alpha value is -1.89. The van der Waals surface area contributed by atoms with E-state index in [1.807, 2.05) is 0 Å². The van der Waals surface area contributed by atoms with Gasteiger partial charge in [-0.2, -0.15) is 5.10 Å². The average molecular weight is 165 g/mol. The molecule has 0 atom stereocenters. The van der Waals surface area contributed by atoms with E-state index in [0.717, 1.165) is 0 Å². The molecule has 7 nitrogen and oxygen atoms in total. The maximum absolute atomic E-state index is 5.52. The van der Waals surface area contributed by atoms with E-state index in [4.69, 9.17) is 11.6 Å². The maximum atomic E-state index is 5.52. The summed E-state index contributed by atoms with van der Waals surface area (Å²) in [5, 5.41) is 14.6. The molecular weight excluding hydrogens is 158 g/mol. The standard InChI is InChI=1S/C5H7N7/c6-4-2-1-8-10-3(2)5(9-7)12-11-4/h1H,7H2,(H2,6,11)(H,8,10)(H,9,12). The highest BCUT2D eigenvalue weighted by Crippen LogP contribution is 2.20. The van der Waals surface area contributed by atoms with Crippen molar-refractivity contribution in [3.63, 3.8) is 0 Å². The Labute approximate surface area is 67.1 Å². The van der Waals surface area contributed by atoms with Gasteiger partial charge < -0.3 is 11.2 Å². The van der Waals surface area contributed by atoms with Crippen molar-refractivity contribution in [1.82, 2.24) is 20.4 Å². The van der Waals surface area contributed by atoms with Crippen LogP contribution in [0.25, 0.3) is 10.9 Å². The minimum atomic E-state index is 0.331. The van der Waals surface area contributed by atoms with E-state index in [-0.39, 0.29) is 0 Å². The predicted molar refractivity (Wildman–Crippen MR) is 43.9 cm³/mol. The smallest absolute Gasteiger partial charge is 0.188 e. The van der Waals surface area contributed by atoms with Gasteiger partial charge in [0.2, 0.25) is 0 Å². The highest BCUT2D eigenvalue weighted by atomic mass is 15.3. The van der Waals surface area contributed by atoms with E-state index in [0.29, 0.717) is 22.5 Å². The zero-order valence-corrected chi connectivity index (χ0v) is 6.07. The largest absolute Gasteiger partial charge is 0.382 e. The van der Waals surface area contributed by atoms with Crippen LogP contribution in [0.2, 0.25) is 0 Å². The third-order valence-electron chi connectivity index (χ3n) is 1.55. The summed E-state index contributed by atoms with van der Waals surface area (Å²) in [7, 11) is 0. The van der Waals surface area contributed by atoms with Crippen LogP contribution < -0.4 is 17.0 Å². The molecule has 0 radical (unpaired) electrons. The van der Waals surface area contributed by atoms with Crippen molar-refractivity contribution in [3.05, 3.63) is 6.20 Å². The number of hydrogen-bond acceptors (Lipinski definition) is 6. The second kappa shape index (κ2) is 2.31. The number of aromatic amines is 1. The molecule has 62 valence electrons. The minimum Gasteiger partial charge on any atom is -0.382 e. The highest BCUT2D eigenvalue weighted by Gasteiger charge is 2.06. The van der Waals surface area contributed by atoms with E-state index >= 15 is 0 Å². The Kier molecular flexibility index (Phi) is 1.31. The molecule has 0 aliphatic heterocycles. The Bertz CT molecular complexity index is 405. The molecule has 0 aliphatic carbocycles. The molecule has 0 unspecified atom stereocenters. The number of H-pyrrole nitrogens is 1. The van der Waals surface area contributed by atoms with Crippen molar-refractivity contribution < 1.29 is 0 Å². The molecule has 6 N–H and O–H groups in total. The maximum Gasteiger partial charge on any atom is 0.188 e. The third-order valence-corrected chi connectivity index (χ3v) is 1.55. The molecule has 2 rings (SSSR count). The Morgan fingerprint density at radius 3 is 3.00 bits per heavy atom. The highest BCUT2D eigenvalue weighted by molar-refractivity contribution is 5.93. The van der Waals surface area contributed by atoms with Crippen LogP contribution in [0.5, 0.6) is 0 Å². The number of anilines is 2. The van der Waals surface area contributed by atoms with Gasteiger partial charge in [0.05, 0.1) is 11.6 Å². The van der Waals surface area contributed by atoms with Crippen molar-refractivity contribution in [2.24, 2.45) is 5.84 Å². The third kappa shape index (κ3) is 0.768. The Balaban J connectivity index is 2.82. The molecule has 2 aromatic rings. The van der Waals surface area contributed by atoms with E-state index in [9.17, 15) is 0 Å². The molecule has 0 bridgehead atoms. The topological polar surface area (TPSA) is 119 Å². The zero-order chi connectivity index (χ0) is 8.55. The van der Waals surface area contributed by atoms with Gasteiger partial charge in [0, 0.05) is 0 Å². The fourth-order valence-electron chi connectivity index (χ4n) is 0.970. The molecule has 12 heavy (non-hydrogen) atoms. The normalized spacial score (nSPS) is 10.4. The Morgan fingerprint density at radius 1 is 1.42 bits per heavy atom. The van der Waals surface area contributed by atoms with Crippen LogP contribution >= 0.6 is 0 Å². The van der Waals surface area contributed by atoms with Crippen molar-refractivity contribution in [3.8, 4) is 0 Å². The van der Waals surface area contributed by atoms with E-state index in [1.165, 1.54) is 0 Å². The van der Waals surface area contributed by atoms with Gasteiger partial charge in [-0.1, -0.05) is 0 Å². The zero-order valence-electron chi connectivity index (χ0n) is 6.07. The number of aromatic nitrogens is 4. The summed E-state index contributed by atoms with van der Waals surface area (Å²) in [5.41, 5.74) is 8.56. The lowest BCUT2D eigenvalue weighted by Gasteiger charge is -1.99. The summed E-state index contributed by atoms with van der Waals surface area (Å²) in [6.45, 7) is 0. The summed E-state index contributed by atoms with van der Waals surface area (Å²) in [6, 6.07) is 0. The SMILES string of the molecule is NNc1nnc(N)c2cn[nH]c12. The predicted octanol–water partition coefficient (Wildman–Crippen LogP) is -0.779. The molecule has 7 heteroatoms. The summed E-state index contributed by atoms with van der Waals surface area (Å²) >= 11 is 0. The van der Waals surface area contributed by atoms with E-state index < -0.39 is 0 Å². The average Bonchev–Trinajstić information content (AvgIpc) is 2.54. The molecule has 0 amide bonds. The number of rotatable bonds is 1. The van der Waals surface area contributed by atoms with Gasteiger partial charge in [-0.3, -0.25) is 5.10 Å². The van der Waals surface area contributed by atoms with Gasteiger partial charge >= 0.3 is 0 Å². The first kappa shape index (κ1) is 6.80. The summed E-state index contributed by atoms with van der Waals surface area (Å²) in [4.78, 5) is 0. The number of fused-ring (bicyclic) bond motifs is 1. The molecular formula is C5H7N7. The van der Waals surface area contributed by atoms with Gasteiger partial charge in [-0.05, 0) is 0 Å². The van der Waals surface area contributed by atoms with Crippen molar-refractivity contribution >= 4 is 22.5 Å².